The standard InChI is InChI=1S/C10H12FNO.H2/c11-10-2-1-6-12-8-9(3-4-10)5-7-13;/h1-4,6,8,12-13H,5,7H2;1H. The number of H-pyrrole nitrogens is 1. The molecule has 0 amide bonds. The molecule has 1 aromatic rings. The molecule has 0 radical (unpaired) electrons. The fourth-order valence-electron chi connectivity index (χ4n) is 0.926. The van der Waals surface area contributed by atoms with E-state index in [1.807, 2.05) is 0 Å². The van der Waals surface area contributed by atoms with E-state index in [0.717, 1.165) is 5.56 Å². The highest BCUT2D eigenvalue weighted by molar-refractivity contribution is 5.08. The van der Waals surface area contributed by atoms with Gasteiger partial charge in [-0.2, -0.15) is 0 Å². The second-order valence-electron chi connectivity index (χ2n) is 2.60. The van der Waals surface area contributed by atoms with Crippen LogP contribution >= 0.6 is 0 Å². The summed E-state index contributed by atoms with van der Waals surface area (Å²) in [6.45, 7) is 0.0624. The zero-order valence-corrected chi connectivity index (χ0v) is 7.20. The lowest BCUT2D eigenvalue weighted by atomic mass is 10.2. The van der Waals surface area contributed by atoms with Crippen LogP contribution in [0.4, 0.5) is 4.39 Å². The number of rotatable bonds is 2. The summed E-state index contributed by atoms with van der Waals surface area (Å²) >= 11 is 0. The number of aliphatic hydroxyl groups excluding tert-OH is 1. The van der Waals surface area contributed by atoms with Gasteiger partial charge in [-0.25, -0.2) is 4.39 Å². The van der Waals surface area contributed by atoms with E-state index in [9.17, 15) is 4.39 Å². The summed E-state index contributed by atoms with van der Waals surface area (Å²) in [5.41, 5.74) is 0.859. The van der Waals surface area contributed by atoms with Crippen LogP contribution in [-0.2, 0) is 6.42 Å². The smallest absolute Gasteiger partial charge is 0.123 e. The molecule has 2 N–H and O–H groups in total. The molecule has 1 aromatic heterocycles. The largest absolute Gasteiger partial charge is 0.396 e. The van der Waals surface area contributed by atoms with Crippen LogP contribution in [0.2, 0.25) is 0 Å². The molecule has 1 rings (SSSR count). The quantitative estimate of drug-likeness (QED) is 0.723. The molecular weight excluding hydrogens is 169 g/mol. The Labute approximate surface area is 77.9 Å². The predicted octanol–water partition coefficient (Wildman–Crippen LogP) is 2.06. The van der Waals surface area contributed by atoms with Crippen molar-refractivity contribution in [3.05, 3.63) is 48.0 Å². The lowest BCUT2D eigenvalue weighted by Gasteiger charge is -1.91. The predicted molar refractivity (Wildman–Crippen MR) is 51.3 cm³/mol. The zero-order chi connectivity index (χ0) is 9.52. The minimum absolute atomic E-state index is 0. The maximum absolute atomic E-state index is 12.8. The molecule has 0 aromatic carbocycles. The number of nitrogens with one attached hydrogen (secondary N) is 1. The molecule has 0 saturated heterocycles. The average molecular weight is 183 g/mol. The topological polar surface area (TPSA) is 36.0 Å². The van der Waals surface area contributed by atoms with Crippen LogP contribution in [0.5, 0.6) is 0 Å². The van der Waals surface area contributed by atoms with Crippen molar-refractivity contribution in [3.8, 4) is 0 Å². The summed E-state index contributed by atoms with van der Waals surface area (Å²) < 4.78 is 12.8. The van der Waals surface area contributed by atoms with Crippen LogP contribution in [0, 0.1) is 5.82 Å². The minimum atomic E-state index is -0.302. The van der Waals surface area contributed by atoms with Gasteiger partial charge in [0, 0.05) is 20.4 Å². The van der Waals surface area contributed by atoms with Crippen molar-refractivity contribution < 1.29 is 10.9 Å². The molecule has 0 spiro atoms. The van der Waals surface area contributed by atoms with Gasteiger partial charge in [0.15, 0.2) is 0 Å². The van der Waals surface area contributed by atoms with Crippen LogP contribution in [-0.4, -0.2) is 16.7 Å². The maximum Gasteiger partial charge on any atom is 0.123 e. The molecule has 0 bridgehead atoms. The number of hydrogen-bond acceptors (Lipinski definition) is 1. The number of aromatic nitrogens is 1. The summed E-state index contributed by atoms with van der Waals surface area (Å²) in [6.07, 6.45) is 3.88. The summed E-state index contributed by atoms with van der Waals surface area (Å²) in [6, 6.07) is 5.96. The van der Waals surface area contributed by atoms with Gasteiger partial charge in [0.1, 0.15) is 5.82 Å². The fraction of sp³-hybridized carbons (Fsp3) is 0.200. The molecule has 0 fully saturated rings. The number of aromatic amines is 1. The van der Waals surface area contributed by atoms with E-state index in [-0.39, 0.29) is 13.9 Å². The Bertz CT molecular complexity index is 313. The zero-order valence-electron chi connectivity index (χ0n) is 7.20. The highest BCUT2D eigenvalue weighted by Crippen LogP contribution is 1.97. The second-order valence-corrected chi connectivity index (χ2v) is 2.60. The van der Waals surface area contributed by atoms with Gasteiger partial charge in [0.05, 0.1) is 0 Å². The molecule has 0 unspecified atom stereocenters. The Morgan fingerprint density at radius 1 is 1.38 bits per heavy atom. The highest BCUT2D eigenvalue weighted by Gasteiger charge is 1.87. The lowest BCUT2D eigenvalue weighted by Crippen LogP contribution is -1.88. The summed E-state index contributed by atoms with van der Waals surface area (Å²) in [5, 5.41) is 8.69. The third kappa shape index (κ3) is 3.71. The Morgan fingerprint density at radius 3 is 3.00 bits per heavy atom. The van der Waals surface area contributed by atoms with E-state index in [2.05, 4.69) is 4.98 Å². The van der Waals surface area contributed by atoms with Gasteiger partial charge < -0.3 is 10.1 Å². The first-order valence-corrected chi connectivity index (χ1v) is 4.09. The van der Waals surface area contributed by atoms with E-state index < -0.39 is 0 Å². The average Bonchev–Trinajstić information content (AvgIpc) is 2.21. The van der Waals surface area contributed by atoms with Gasteiger partial charge in [0.2, 0.25) is 0 Å². The minimum Gasteiger partial charge on any atom is -0.396 e. The molecule has 1 heterocycles. The fourth-order valence-corrected chi connectivity index (χ4v) is 0.926. The van der Waals surface area contributed by atoms with Gasteiger partial charge in [0.25, 0.3) is 0 Å². The van der Waals surface area contributed by atoms with Crippen molar-refractivity contribution in [2.75, 3.05) is 6.61 Å². The Balaban J connectivity index is 0.00000169. The number of aliphatic hydroxyl groups is 1. The summed E-state index contributed by atoms with van der Waals surface area (Å²) in [4.78, 5) is 2.87. The molecule has 3 heteroatoms. The van der Waals surface area contributed by atoms with E-state index in [1.165, 1.54) is 12.1 Å². The number of halogens is 1. The summed E-state index contributed by atoms with van der Waals surface area (Å²) in [7, 11) is 0. The van der Waals surface area contributed by atoms with Gasteiger partial charge >= 0.3 is 0 Å². The van der Waals surface area contributed by atoms with Gasteiger partial charge in [-0.1, -0.05) is 6.07 Å². The molecule has 2 nitrogen and oxygen atoms in total. The second kappa shape index (κ2) is 5.32. The van der Waals surface area contributed by atoms with Crippen LogP contribution in [0.15, 0.2) is 36.7 Å². The van der Waals surface area contributed by atoms with E-state index in [4.69, 9.17) is 5.11 Å². The third-order valence-corrected chi connectivity index (χ3v) is 1.57. The van der Waals surface area contributed by atoms with Gasteiger partial charge in [-0.3, -0.25) is 0 Å². The van der Waals surface area contributed by atoms with Crippen molar-refractivity contribution >= 4 is 0 Å². The Kier molecular flexibility index (Phi) is 3.99. The monoisotopic (exact) mass is 183 g/mol. The van der Waals surface area contributed by atoms with Crippen molar-refractivity contribution in [1.29, 1.82) is 0 Å². The number of hydrogen-bond donors (Lipinski definition) is 2. The first-order valence-electron chi connectivity index (χ1n) is 4.09. The van der Waals surface area contributed by atoms with Crippen molar-refractivity contribution in [3.63, 3.8) is 0 Å². The van der Waals surface area contributed by atoms with Crippen molar-refractivity contribution in [2.24, 2.45) is 0 Å². The molecule has 13 heavy (non-hydrogen) atoms. The van der Waals surface area contributed by atoms with E-state index >= 15 is 0 Å². The Morgan fingerprint density at radius 2 is 2.23 bits per heavy atom. The lowest BCUT2D eigenvalue weighted by molar-refractivity contribution is 0.299. The van der Waals surface area contributed by atoms with Crippen molar-refractivity contribution in [2.45, 2.75) is 6.42 Å². The highest BCUT2D eigenvalue weighted by atomic mass is 19.1. The van der Waals surface area contributed by atoms with Crippen LogP contribution < -0.4 is 0 Å². The molecule has 0 aliphatic rings. The molecule has 0 aliphatic carbocycles. The maximum atomic E-state index is 12.8. The van der Waals surface area contributed by atoms with Crippen LogP contribution in [0.1, 0.15) is 6.99 Å². The normalized spacial score (nSPS) is 9.38. The molecule has 0 atom stereocenters. The molecule has 0 saturated carbocycles. The van der Waals surface area contributed by atoms with E-state index in [0.29, 0.717) is 6.42 Å². The third-order valence-electron chi connectivity index (χ3n) is 1.57. The first-order chi connectivity index (χ1) is 6.33. The molecular formula is C10H14FNO. The van der Waals surface area contributed by atoms with E-state index in [1.54, 1.807) is 24.5 Å². The van der Waals surface area contributed by atoms with Crippen molar-refractivity contribution in [1.82, 2.24) is 4.98 Å². The first kappa shape index (κ1) is 9.74. The Hall–Kier alpha value is -1.35. The van der Waals surface area contributed by atoms with Crippen LogP contribution in [0.3, 0.4) is 0 Å². The SMILES string of the molecule is OCCc1ccc(F)ccc[nH]c1.[HH]. The van der Waals surface area contributed by atoms with Gasteiger partial charge in [-0.05, 0) is 30.2 Å². The summed E-state index contributed by atoms with van der Waals surface area (Å²) in [5.74, 6) is -0.302. The van der Waals surface area contributed by atoms with Gasteiger partial charge in [-0.15, -0.1) is 0 Å². The molecule has 72 valence electrons. The van der Waals surface area contributed by atoms with Crippen LogP contribution in [0.25, 0.3) is 0 Å². The molecule has 0 aliphatic heterocycles.